The van der Waals surface area contributed by atoms with Crippen molar-refractivity contribution >= 4 is 0 Å². The second-order valence-electron chi connectivity index (χ2n) is 4.66. The molecule has 0 aliphatic heterocycles. The highest BCUT2D eigenvalue weighted by Crippen LogP contribution is 2.23. The van der Waals surface area contributed by atoms with Crippen LogP contribution in [0.5, 0.6) is 0 Å². The van der Waals surface area contributed by atoms with Gasteiger partial charge < -0.3 is 5.11 Å². The summed E-state index contributed by atoms with van der Waals surface area (Å²) in [5.74, 6) is 0. The third-order valence-corrected chi connectivity index (χ3v) is 3.24. The van der Waals surface area contributed by atoms with E-state index in [9.17, 15) is 5.11 Å². The van der Waals surface area contributed by atoms with Crippen molar-refractivity contribution in [3.63, 3.8) is 0 Å². The van der Waals surface area contributed by atoms with Crippen molar-refractivity contribution in [2.75, 3.05) is 0 Å². The van der Waals surface area contributed by atoms with E-state index >= 15 is 0 Å². The first kappa shape index (κ1) is 11.9. The maximum Gasteiger partial charge on any atom is 0.104 e. The standard InChI is InChI=1S/C16H18O/c1-11-4-7-14(8-5-11)16(17)15-9-6-12(2)13(3)10-15/h4-10,16-17H,1-3H3. The first-order valence-corrected chi connectivity index (χ1v) is 5.89. The van der Waals surface area contributed by atoms with E-state index in [-0.39, 0.29) is 0 Å². The average molecular weight is 226 g/mol. The van der Waals surface area contributed by atoms with Gasteiger partial charge in [0.15, 0.2) is 0 Å². The number of aliphatic hydroxyl groups is 1. The van der Waals surface area contributed by atoms with Crippen molar-refractivity contribution in [2.24, 2.45) is 0 Å². The second kappa shape index (κ2) is 4.72. The van der Waals surface area contributed by atoms with Crippen LogP contribution in [0.1, 0.15) is 33.9 Å². The summed E-state index contributed by atoms with van der Waals surface area (Å²) in [6.07, 6.45) is -0.533. The Kier molecular flexibility index (Phi) is 3.30. The Morgan fingerprint density at radius 3 is 1.94 bits per heavy atom. The molecule has 0 aliphatic carbocycles. The van der Waals surface area contributed by atoms with Gasteiger partial charge in [0, 0.05) is 0 Å². The number of hydrogen-bond acceptors (Lipinski definition) is 1. The number of aliphatic hydroxyl groups excluding tert-OH is 1. The molecule has 0 aromatic heterocycles. The van der Waals surface area contributed by atoms with Crippen molar-refractivity contribution in [3.8, 4) is 0 Å². The molecule has 0 heterocycles. The predicted molar refractivity (Wildman–Crippen MR) is 71.2 cm³/mol. The van der Waals surface area contributed by atoms with Crippen molar-refractivity contribution in [1.82, 2.24) is 0 Å². The van der Waals surface area contributed by atoms with Gasteiger partial charge in [0.1, 0.15) is 6.10 Å². The number of rotatable bonds is 2. The monoisotopic (exact) mass is 226 g/mol. The Morgan fingerprint density at radius 1 is 0.765 bits per heavy atom. The van der Waals surface area contributed by atoms with E-state index in [0.717, 1.165) is 11.1 Å². The summed E-state index contributed by atoms with van der Waals surface area (Å²) < 4.78 is 0. The third kappa shape index (κ3) is 2.56. The van der Waals surface area contributed by atoms with Crippen LogP contribution in [0.3, 0.4) is 0 Å². The van der Waals surface area contributed by atoms with Gasteiger partial charge in [0.25, 0.3) is 0 Å². The Balaban J connectivity index is 2.33. The van der Waals surface area contributed by atoms with Gasteiger partial charge in [-0.15, -0.1) is 0 Å². The third-order valence-electron chi connectivity index (χ3n) is 3.24. The van der Waals surface area contributed by atoms with Gasteiger partial charge >= 0.3 is 0 Å². The van der Waals surface area contributed by atoms with Crippen LogP contribution >= 0.6 is 0 Å². The van der Waals surface area contributed by atoms with Crippen LogP contribution in [-0.4, -0.2) is 5.11 Å². The minimum absolute atomic E-state index is 0.533. The zero-order valence-electron chi connectivity index (χ0n) is 10.6. The second-order valence-corrected chi connectivity index (χ2v) is 4.66. The van der Waals surface area contributed by atoms with E-state index in [1.54, 1.807) is 0 Å². The predicted octanol–water partition coefficient (Wildman–Crippen LogP) is 3.69. The molecule has 1 heteroatoms. The van der Waals surface area contributed by atoms with E-state index in [1.807, 2.05) is 37.3 Å². The Hall–Kier alpha value is -1.60. The van der Waals surface area contributed by atoms with Gasteiger partial charge in [-0.25, -0.2) is 0 Å². The molecule has 2 aromatic rings. The molecule has 1 atom stereocenters. The summed E-state index contributed by atoms with van der Waals surface area (Å²) in [5, 5.41) is 10.3. The summed E-state index contributed by atoms with van der Waals surface area (Å²) in [6.45, 7) is 6.20. The van der Waals surface area contributed by atoms with Crippen molar-refractivity contribution in [3.05, 3.63) is 70.3 Å². The Morgan fingerprint density at radius 2 is 1.35 bits per heavy atom. The lowest BCUT2D eigenvalue weighted by atomic mass is 9.97. The number of benzene rings is 2. The first-order valence-electron chi connectivity index (χ1n) is 5.89. The smallest absolute Gasteiger partial charge is 0.104 e. The fourth-order valence-electron chi connectivity index (χ4n) is 1.88. The van der Waals surface area contributed by atoms with Crippen LogP contribution in [0.15, 0.2) is 42.5 Å². The van der Waals surface area contributed by atoms with Crippen LogP contribution in [0.2, 0.25) is 0 Å². The number of aryl methyl sites for hydroxylation is 3. The fourth-order valence-corrected chi connectivity index (χ4v) is 1.88. The highest BCUT2D eigenvalue weighted by Gasteiger charge is 2.10. The fraction of sp³-hybridized carbons (Fsp3) is 0.250. The summed E-state index contributed by atoms with van der Waals surface area (Å²) in [4.78, 5) is 0. The van der Waals surface area contributed by atoms with Gasteiger partial charge in [-0.3, -0.25) is 0 Å². The molecule has 0 fully saturated rings. The summed E-state index contributed by atoms with van der Waals surface area (Å²) >= 11 is 0. The van der Waals surface area contributed by atoms with Crippen LogP contribution in [0, 0.1) is 20.8 Å². The molecule has 0 spiro atoms. The Bertz CT molecular complexity index is 512. The molecule has 1 nitrogen and oxygen atoms in total. The van der Waals surface area contributed by atoms with Crippen LogP contribution in [-0.2, 0) is 0 Å². The minimum atomic E-state index is -0.533. The summed E-state index contributed by atoms with van der Waals surface area (Å²) in [5.41, 5.74) is 5.58. The van der Waals surface area contributed by atoms with E-state index < -0.39 is 6.10 Å². The molecule has 0 aliphatic rings. The summed E-state index contributed by atoms with van der Waals surface area (Å²) in [6, 6.07) is 14.1. The topological polar surface area (TPSA) is 20.2 Å². The highest BCUT2D eigenvalue weighted by atomic mass is 16.3. The Labute approximate surface area is 103 Å². The zero-order valence-corrected chi connectivity index (χ0v) is 10.6. The van der Waals surface area contributed by atoms with E-state index in [0.29, 0.717) is 0 Å². The molecule has 0 amide bonds. The van der Waals surface area contributed by atoms with Gasteiger partial charge in [0.05, 0.1) is 0 Å². The van der Waals surface area contributed by atoms with Crippen molar-refractivity contribution in [1.29, 1.82) is 0 Å². The average Bonchev–Trinajstić information content (AvgIpc) is 2.33. The first-order chi connectivity index (χ1) is 8.08. The van der Waals surface area contributed by atoms with Crippen LogP contribution in [0.4, 0.5) is 0 Å². The lowest BCUT2D eigenvalue weighted by molar-refractivity contribution is 0.220. The van der Waals surface area contributed by atoms with E-state index in [1.165, 1.54) is 16.7 Å². The molecule has 0 bridgehead atoms. The normalized spacial score (nSPS) is 12.5. The maximum atomic E-state index is 10.3. The van der Waals surface area contributed by atoms with Gasteiger partial charge in [-0.05, 0) is 43.0 Å². The van der Waals surface area contributed by atoms with E-state index in [4.69, 9.17) is 0 Å². The largest absolute Gasteiger partial charge is 0.384 e. The van der Waals surface area contributed by atoms with Gasteiger partial charge in [-0.2, -0.15) is 0 Å². The molecule has 2 rings (SSSR count). The SMILES string of the molecule is Cc1ccc(C(O)c2ccc(C)c(C)c2)cc1. The molecule has 0 radical (unpaired) electrons. The molecular formula is C16H18O. The highest BCUT2D eigenvalue weighted by molar-refractivity contribution is 5.36. The summed E-state index contributed by atoms with van der Waals surface area (Å²) in [7, 11) is 0. The minimum Gasteiger partial charge on any atom is -0.384 e. The molecule has 88 valence electrons. The molecule has 0 saturated carbocycles. The lowest BCUT2D eigenvalue weighted by Gasteiger charge is -2.13. The maximum absolute atomic E-state index is 10.3. The molecular weight excluding hydrogens is 208 g/mol. The molecule has 17 heavy (non-hydrogen) atoms. The molecule has 1 unspecified atom stereocenters. The van der Waals surface area contributed by atoms with Crippen molar-refractivity contribution in [2.45, 2.75) is 26.9 Å². The number of hydrogen-bond donors (Lipinski definition) is 1. The van der Waals surface area contributed by atoms with Crippen LogP contribution < -0.4 is 0 Å². The van der Waals surface area contributed by atoms with Crippen LogP contribution in [0.25, 0.3) is 0 Å². The molecule has 1 N–H and O–H groups in total. The molecule has 2 aromatic carbocycles. The van der Waals surface area contributed by atoms with Crippen molar-refractivity contribution < 1.29 is 5.11 Å². The van der Waals surface area contributed by atoms with E-state index in [2.05, 4.69) is 26.0 Å². The zero-order chi connectivity index (χ0) is 12.4. The van der Waals surface area contributed by atoms with Gasteiger partial charge in [-0.1, -0.05) is 48.0 Å². The quantitative estimate of drug-likeness (QED) is 0.828. The van der Waals surface area contributed by atoms with Gasteiger partial charge in [0.2, 0.25) is 0 Å². The molecule has 0 saturated heterocycles. The lowest BCUT2D eigenvalue weighted by Crippen LogP contribution is -2.00.